The summed E-state index contributed by atoms with van der Waals surface area (Å²) in [4.78, 5) is 2.24. The first kappa shape index (κ1) is 21.3. The van der Waals surface area contributed by atoms with Crippen LogP contribution in [0.15, 0.2) is 127 Å². The number of phenolic OH excluding ortho intramolecular Hbond substituents is 2. The van der Waals surface area contributed by atoms with Gasteiger partial charge in [-0.1, -0.05) is 72.8 Å². The normalized spacial score (nSPS) is 11.5. The quantitative estimate of drug-likeness (QED) is 0.248. The molecule has 0 aliphatic heterocycles. The van der Waals surface area contributed by atoms with Crippen molar-refractivity contribution < 1.29 is 10.2 Å². The molecular formula is C34H23NO2. The summed E-state index contributed by atoms with van der Waals surface area (Å²) in [6.45, 7) is 0. The number of nitrogens with zero attached hydrogens (tertiary/aromatic N) is 1. The molecule has 7 rings (SSSR count). The van der Waals surface area contributed by atoms with Crippen LogP contribution in [0.25, 0.3) is 43.4 Å². The summed E-state index contributed by atoms with van der Waals surface area (Å²) >= 11 is 0. The highest BCUT2D eigenvalue weighted by molar-refractivity contribution is 6.25. The fourth-order valence-corrected chi connectivity index (χ4v) is 5.40. The molecule has 0 fully saturated rings. The number of anilines is 3. The lowest BCUT2D eigenvalue weighted by Crippen LogP contribution is -2.10. The third-order valence-electron chi connectivity index (χ3n) is 7.18. The summed E-state index contributed by atoms with van der Waals surface area (Å²) in [5, 5.41) is 27.1. The Morgan fingerprint density at radius 1 is 0.405 bits per heavy atom. The Morgan fingerprint density at radius 3 is 1.49 bits per heavy atom. The molecule has 3 heteroatoms. The minimum atomic E-state index is 0.238. The fraction of sp³-hybridized carbons (Fsp3) is 0. The van der Waals surface area contributed by atoms with E-state index in [-0.39, 0.29) is 11.5 Å². The summed E-state index contributed by atoms with van der Waals surface area (Å²) in [5.74, 6) is 0.495. The monoisotopic (exact) mass is 477 g/mol. The average Bonchev–Trinajstić information content (AvgIpc) is 2.94. The lowest BCUT2D eigenvalue weighted by Gasteiger charge is -2.28. The first-order valence-corrected chi connectivity index (χ1v) is 12.3. The summed E-state index contributed by atoms with van der Waals surface area (Å²) in [5.41, 5.74) is 5.18. The van der Waals surface area contributed by atoms with Gasteiger partial charge in [-0.3, -0.25) is 0 Å². The molecule has 176 valence electrons. The van der Waals surface area contributed by atoms with E-state index in [1.165, 1.54) is 32.3 Å². The minimum Gasteiger partial charge on any atom is -0.508 e. The van der Waals surface area contributed by atoms with Crippen LogP contribution in [-0.4, -0.2) is 10.2 Å². The highest BCUT2D eigenvalue weighted by atomic mass is 16.3. The van der Waals surface area contributed by atoms with Gasteiger partial charge in [0.05, 0.1) is 5.69 Å². The van der Waals surface area contributed by atoms with E-state index in [0.29, 0.717) is 0 Å². The number of aromatic hydroxyl groups is 2. The number of hydrogen-bond acceptors (Lipinski definition) is 3. The van der Waals surface area contributed by atoms with Crippen molar-refractivity contribution in [1.82, 2.24) is 0 Å². The topological polar surface area (TPSA) is 43.7 Å². The van der Waals surface area contributed by atoms with Gasteiger partial charge in [0.2, 0.25) is 0 Å². The Kier molecular flexibility index (Phi) is 4.76. The van der Waals surface area contributed by atoms with E-state index in [4.69, 9.17) is 0 Å². The zero-order valence-electron chi connectivity index (χ0n) is 20.0. The molecule has 0 amide bonds. The molecule has 37 heavy (non-hydrogen) atoms. The van der Waals surface area contributed by atoms with Crippen LogP contribution < -0.4 is 4.90 Å². The third-order valence-corrected chi connectivity index (χ3v) is 7.18. The van der Waals surface area contributed by atoms with Gasteiger partial charge in [-0.15, -0.1) is 0 Å². The van der Waals surface area contributed by atoms with Crippen molar-refractivity contribution in [2.75, 3.05) is 4.90 Å². The minimum absolute atomic E-state index is 0.238. The first-order valence-electron chi connectivity index (χ1n) is 12.3. The van der Waals surface area contributed by atoms with Gasteiger partial charge in [0.25, 0.3) is 0 Å². The van der Waals surface area contributed by atoms with E-state index in [0.717, 1.165) is 28.2 Å². The molecule has 0 aliphatic rings. The Morgan fingerprint density at radius 2 is 0.865 bits per heavy atom. The highest BCUT2D eigenvalue weighted by Gasteiger charge is 2.18. The number of benzene rings is 7. The fourth-order valence-electron chi connectivity index (χ4n) is 5.40. The predicted molar refractivity (Wildman–Crippen MR) is 154 cm³/mol. The maximum atomic E-state index is 9.98. The average molecular weight is 478 g/mol. The molecule has 7 aromatic rings. The Balaban J connectivity index is 1.45. The molecule has 0 heterocycles. The molecule has 0 aliphatic carbocycles. The smallest absolute Gasteiger partial charge is 0.115 e. The predicted octanol–water partition coefficient (Wildman–Crippen LogP) is 9.13. The molecule has 0 saturated heterocycles. The van der Waals surface area contributed by atoms with Crippen LogP contribution >= 0.6 is 0 Å². The Bertz CT molecular complexity index is 1860. The van der Waals surface area contributed by atoms with Gasteiger partial charge < -0.3 is 15.1 Å². The zero-order chi connectivity index (χ0) is 24.9. The Hall–Kier alpha value is -5.02. The lowest BCUT2D eigenvalue weighted by atomic mass is 9.93. The van der Waals surface area contributed by atoms with Crippen molar-refractivity contribution in [3.8, 4) is 22.6 Å². The largest absolute Gasteiger partial charge is 0.508 e. The molecule has 0 spiro atoms. The third kappa shape index (κ3) is 3.52. The molecule has 0 bridgehead atoms. The molecule has 7 aromatic carbocycles. The van der Waals surface area contributed by atoms with E-state index >= 15 is 0 Å². The lowest BCUT2D eigenvalue weighted by molar-refractivity contribution is 0.475. The first-order chi connectivity index (χ1) is 18.2. The second-order valence-electron chi connectivity index (χ2n) is 9.39. The second-order valence-corrected chi connectivity index (χ2v) is 9.39. The molecule has 0 atom stereocenters. The van der Waals surface area contributed by atoms with E-state index in [1.807, 2.05) is 24.3 Å². The molecule has 0 unspecified atom stereocenters. The number of rotatable bonds is 4. The van der Waals surface area contributed by atoms with Gasteiger partial charge in [0, 0.05) is 16.8 Å². The van der Waals surface area contributed by atoms with Crippen molar-refractivity contribution in [3.05, 3.63) is 127 Å². The maximum Gasteiger partial charge on any atom is 0.115 e. The van der Waals surface area contributed by atoms with Crippen molar-refractivity contribution in [3.63, 3.8) is 0 Å². The van der Waals surface area contributed by atoms with E-state index in [2.05, 4.69) is 83.8 Å². The van der Waals surface area contributed by atoms with Gasteiger partial charge in [0.15, 0.2) is 0 Å². The van der Waals surface area contributed by atoms with Crippen molar-refractivity contribution >= 4 is 49.4 Å². The highest BCUT2D eigenvalue weighted by Crippen LogP contribution is 2.44. The van der Waals surface area contributed by atoms with Crippen LogP contribution in [0.4, 0.5) is 17.1 Å². The van der Waals surface area contributed by atoms with Crippen LogP contribution in [0.2, 0.25) is 0 Å². The summed E-state index contributed by atoms with van der Waals surface area (Å²) < 4.78 is 0. The molecule has 0 saturated carbocycles. The van der Waals surface area contributed by atoms with Crippen LogP contribution in [0.3, 0.4) is 0 Å². The number of phenols is 2. The van der Waals surface area contributed by atoms with Crippen molar-refractivity contribution in [1.29, 1.82) is 0 Å². The molecule has 2 N–H and O–H groups in total. The van der Waals surface area contributed by atoms with E-state index in [9.17, 15) is 10.2 Å². The summed E-state index contributed by atoms with van der Waals surface area (Å²) in [7, 11) is 0. The molecule has 3 nitrogen and oxygen atoms in total. The SMILES string of the molecule is Oc1ccc(-c2ccc(N(c3ccc(O)cc3)c3ccc4ccc5cccc6ccc3c4c56)cc2)cc1. The van der Waals surface area contributed by atoms with Crippen molar-refractivity contribution in [2.45, 2.75) is 0 Å². The summed E-state index contributed by atoms with van der Waals surface area (Å²) in [6.07, 6.45) is 0. The van der Waals surface area contributed by atoms with Gasteiger partial charge in [0.1, 0.15) is 11.5 Å². The van der Waals surface area contributed by atoms with Gasteiger partial charge in [-0.2, -0.15) is 0 Å². The van der Waals surface area contributed by atoms with E-state index < -0.39 is 0 Å². The van der Waals surface area contributed by atoms with Gasteiger partial charge in [-0.05, 0) is 92.7 Å². The van der Waals surface area contributed by atoms with Gasteiger partial charge in [-0.25, -0.2) is 0 Å². The van der Waals surface area contributed by atoms with Crippen LogP contribution in [-0.2, 0) is 0 Å². The Labute approximate surface area is 214 Å². The standard InChI is InChI=1S/C34H23NO2/c36-29-16-8-23(9-17-29)22-6-12-27(13-7-22)35(28-14-18-30(37)19-15-28)32-21-11-26-5-4-24-2-1-3-25-10-20-31(32)34(26)33(24)25/h1-21,36-37H. The molecule has 0 radical (unpaired) electrons. The summed E-state index contributed by atoms with van der Waals surface area (Å²) in [6, 6.07) is 42.7. The van der Waals surface area contributed by atoms with Crippen LogP contribution in [0.5, 0.6) is 11.5 Å². The molecular weight excluding hydrogens is 454 g/mol. The molecule has 0 aromatic heterocycles. The van der Waals surface area contributed by atoms with Crippen LogP contribution in [0.1, 0.15) is 0 Å². The second kappa shape index (κ2) is 8.28. The van der Waals surface area contributed by atoms with Crippen LogP contribution in [0, 0.1) is 0 Å². The number of hydrogen-bond donors (Lipinski definition) is 2. The van der Waals surface area contributed by atoms with Gasteiger partial charge >= 0.3 is 0 Å². The van der Waals surface area contributed by atoms with Crippen molar-refractivity contribution in [2.24, 2.45) is 0 Å². The maximum absolute atomic E-state index is 9.98. The zero-order valence-corrected chi connectivity index (χ0v) is 20.0. The van der Waals surface area contributed by atoms with E-state index in [1.54, 1.807) is 24.3 Å².